The van der Waals surface area contributed by atoms with Gasteiger partial charge < -0.3 is 15.5 Å². The normalized spacial score (nSPS) is 27.1. The first-order chi connectivity index (χ1) is 8.75. The molecule has 0 bridgehead atoms. The first-order valence-corrected chi connectivity index (χ1v) is 7.46. The molecule has 104 valence electrons. The summed E-state index contributed by atoms with van der Waals surface area (Å²) in [4.78, 5) is 14.5. The van der Waals surface area contributed by atoms with E-state index < -0.39 is 0 Å². The van der Waals surface area contributed by atoms with E-state index in [0.717, 1.165) is 39.0 Å². The Hall–Kier alpha value is -0.610. The average molecular weight is 253 g/mol. The summed E-state index contributed by atoms with van der Waals surface area (Å²) in [5.41, 5.74) is 0. The third kappa shape index (κ3) is 4.25. The average Bonchev–Trinajstić information content (AvgIpc) is 2.90. The molecule has 0 aliphatic carbocycles. The van der Waals surface area contributed by atoms with Gasteiger partial charge in [-0.3, -0.25) is 4.79 Å². The fourth-order valence-electron chi connectivity index (χ4n) is 2.97. The zero-order chi connectivity index (χ0) is 12.8. The third-order valence-electron chi connectivity index (χ3n) is 4.06. The van der Waals surface area contributed by atoms with Crippen molar-refractivity contribution in [1.29, 1.82) is 0 Å². The lowest BCUT2D eigenvalue weighted by Crippen LogP contribution is -2.42. The molecule has 2 saturated heterocycles. The van der Waals surface area contributed by atoms with Crippen LogP contribution in [0.25, 0.3) is 0 Å². The number of carbonyl (C=O) groups excluding carboxylic acids is 1. The summed E-state index contributed by atoms with van der Waals surface area (Å²) in [6.45, 7) is 8.59. The molecule has 18 heavy (non-hydrogen) atoms. The van der Waals surface area contributed by atoms with Crippen LogP contribution in [0.4, 0.5) is 0 Å². The minimum absolute atomic E-state index is 0.192. The molecule has 2 aliphatic rings. The van der Waals surface area contributed by atoms with Crippen LogP contribution in [-0.4, -0.2) is 50.1 Å². The summed E-state index contributed by atoms with van der Waals surface area (Å²) in [6, 6.07) is 0. The largest absolute Gasteiger partial charge is 0.356 e. The number of likely N-dealkylation sites (tertiary alicyclic amines) is 1. The SMILES string of the molecule is CC(CNC(=O)[C@@H]1CCCNC1)CN1CCCC1. The predicted octanol–water partition coefficient (Wildman–Crippen LogP) is 0.834. The summed E-state index contributed by atoms with van der Waals surface area (Å²) < 4.78 is 0. The zero-order valence-electron chi connectivity index (χ0n) is 11.6. The van der Waals surface area contributed by atoms with Gasteiger partial charge in [0.25, 0.3) is 0 Å². The Morgan fingerprint density at radius 1 is 1.39 bits per heavy atom. The van der Waals surface area contributed by atoms with Gasteiger partial charge in [0.2, 0.25) is 5.91 Å². The van der Waals surface area contributed by atoms with E-state index in [9.17, 15) is 4.79 Å². The number of nitrogens with zero attached hydrogens (tertiary/aromatic N) is 1. The summed E-state index contributed by atoms with van der Waals surface area (Å²) >= 11 is 0. The van der Waals surface area contributed by atoms with Gasteiger partial charge in [0.15, 0.2) is 0 Å². The topological polar surface area (TPSA) is 44.4 Å². The van der Waals surface area contributed by atoms with Crippen molar-refractivity contribution in [3.05, 3.63) is 0 Å². The van der Waals surface area contributed by atoms with Crippen LogP contribution in [0.1, 0.15) is 32.6 Å². The Balaban J connectivity index is 1.61. The highest BCUT2D eigenvalue weighted by Gasteiger charge is 2.21. The summed E-state index contributed by atoms with van der Waals surface area (Å²) in [5, 5.41) is 6.41. The van der Waals surface area contributed by atoms with Crippen LogP contribution in [0.5, 0.6) is 0 Å². The Labute approximate surface area is 110 Å². The number of nitrogens with one attached hydrogen (secondary N) is 2. The minimum Gasteiger partial charge on any atom is -0.356 e. The lowest BCUT2D eigenvalue weighted by atomic mass is 9.98. The van der Waals surface area contributed by atoms with Gasteiger partial charge in [0, 0.05) is 19.6 Å². The molecule has 2 N–H and O–H groups in total. The summed E-state index contributed by atoms with van der Waals surface area (Å²) in [7, 11) is 0. The molecule has 0 aromatic rings. The number of piperidine rings is 1. The number of hydrogen-bond acceptors (Lipinski definition) is 3. The highest BCUT2D eigenvalue weighted by atomic mass is 16.1. The molecule has 2 heterocycles. The van der Waals surface area contributed by atoms with Crippen LogP contribution < -0.4 is 10.6 Å². The molecular formula is C14H27N3O. The molecule has 1 unspecified atom stereocenters. The lowest BCUT2D eigenvalue weighted by molar-refractivity contribution is -0.125. The van der Waals surface area contributed by atoms with Crippen molar-refractivity contribution in [3.8, 4) is 0 Å². The van der Waals surface area contributed by atoms with Gasteiger partial charge in [-0.05, 0) is 51.2 Å². The van der Waals surface area contributed by atoms with Gasteiger partial charge in [-0.2, -0.15) is 0 Å². The Bertz CT molecular complexity index is 258. The number of carbonyl (C=O) groups is 1. The van der Waals surface area contributed by atoms with E-state index >= 15 is 0 Å². The fraction of sp³-hybridized carbons (Fsp3) is 0.929. The van der Waals surface area contributed by atoms with Gasteiger partial charge in [0.1, 0.15) is 0 Å². The molecule has 0 aromatic carbocycles. The van der Waals surface area contributed by atoms with Crippen LogP contribution in [0.15, 0.2) is 0 Å². The number of hydrogen-bond donors (Lipinski definition) is 2. The molecule has 0 saturated carbocycles. The molecular weight excluding hydrogens is 226 g/mol. The maximum absolute atomic E-state index is 12.0. The first kappa shape index (κ1) is 13.8. The molecule has 4 nitrogen and oxygen atoms in total. The van der Waals surface area contributed by atoms with E-state index in [2.05, 4.69) is 22.5 Å². The van der Waals surface area contributed by atoms with Crippen LogP contribution in [0.2, 0.25) is 0 Å². The van der Waals surface area contributed by atoms with Crippen molar-refractivity contribution in [2.24, 2.45) is 11.8 Å². The fourth-order valence-corrected chi connectivity index (χ4v) is 2.97. The van der Waals surface area contributed by atoms with Crippen LogP contribution >= 0.6 is 0 Å². The van der Waals surface area contributed by atoms with E-state index in [1.807, 2.05) is 0 Å². The molecule has 4 heteroatoms. The highest BCUT2D eigenvalue weighted by Crippen LogP contribution is 2.11. The third-order valence-corrected chi connectivity index (χ3v) is 4.06. The van der Waals surface area contributed by atoms with Crippen molar-refractivity contribution in [1.82, 2.24) is 15.5 Å². The molecule has 2 aliphatic heterocycles. The van der Waals surface area contributed by atoms with E-state index in [1.165, 1.54) is 25.9 Å². The van der Waals surface area contributed by atoms with Crippen molar-refractivity contribution in [3.63, 3.8) is 0 Å². The Morgan fingerprint density at radius 3 is 2.83 bits per heavy atom. The standard InChI is InChI=1S/C14H27N3O/c1-12(11-17-7-2-3-8-17)9-16-14(18)13-5-4-6-15-10-13/h12-13,15H,2-11H2,1H3,(H,16,18)/t12?,13-/m1/s1. The molecule has 0 spiro atoms. The molecule has 0 aromatic heterocycles. The zero-order valence-corrected chi connectivity index (χ0v) is 11.6. The number of amides is 1. The number of rotatable bonds is 5. The Kier molecular flexibility index (Phi) is 5.45. The maximum Gasteiger partial charge on any atom is 0.224 e. The van der Waals surface area contributed by atoms with Gasteiger partial charge in [-0.25, -0.2) is 0 Å². The van der Waals surface area contributed by atoms with Crippen molar-refractivity contribution < 1.29 is 4.79 Å². The van der Waals surface area contributed by atoms with Crippen LogP contribution in [0, 0.1) is 11.8 Å². The van der Waals surface area contributed by atoms with E-state index in [0.29, 0.717) is 5.92 Å². The summed E-state index contributed by atoms with van der Waals surface area (Å²) in [5.74, 6) is 0.997. The second-order valence-electron chi connectivity index (χ2n) is 5.90. The molecule has 2 fully saturated rings. The highest BCUT2D eigenvalue weighted by molar-refractivity contribution is 5.78. The summed E-state index contributed by atoms with van der Waals surface area (Å²) in [6.07, 6.45) is 4.85. The van der Waals surface area contributed by atoms with Crippen LogP contribution in [-0.2, 0) is 4.79 Å². The second kappa shape index (κ2) is 7.10. The van der Waals surface area contributed by atoms with Crippen molar-refractivity contribution in [2.45, 2.75) is 32.6 Å². The predicted molar refractivity (Wildman–Crippen MR) is 73.4 cm³/mol. The van der Waals surface area contributed by atoms with Crippen molar-refractivity contribution in [2.75, 3.05) is 39.3 Å². The molecule has 1 amide bonds. The Morgan fingerprint density at radius 2 is 2.17 bits per heavy atom. The van der Waals surface area contributed by atoms with Crippen molar-refractivity contribution >= 4 is 5.91 Å². The molecule has 2 rings (SSSR count). The maximum atomic E-state index is 12.0. The smallest absolute Gasteiger partial charge is 0.224 e. The second-order valence-corrected chi connectivity index (χ2v) is 5.90. The van der Waals surface area contributed by atoms with E-state index in [-0.39, 0.29) is 11.8 Å². The van der Waals surface area contributed by atoms with Gasteiger partial charge in [-0.1, -0.05) is 6.92 Å². The van der Waals surface area contributed by atoms with Gasteiger partial charge >= 0.3 is 0 Å². The molecule has 2 atom stereocenters. The van der Waals surface area contributed by atoms with E-state index in [4.69, 9.17) is 0 Å². The lowest BCUT2D eigenvalue weighted by Gasteiger charge is -2.24. The van der Waals surface area contributed by atoms with Gasteiger partial charge in [0.05, 0.1) is 5.92 Å². The van der Waals surface area contributed by atoms with Gasteiger partial charge in [-0.15, -0.1) is 0 Å². The van der Waals surface area contributed by atoms with Crippen LogP contribution in [0.3, 0.4) is 0 Å². The minimum atomic E-state index is 0.192. The quantitative estimate of drug-likeness (QED) is 0.763. The van der Waals surface area contributed by atoms with E-state index in [1.54, 1.807) is 0 Å². The molecule has 0 radical (unpaired) electrons. The monoisotopic (exact) mass is 253 g/mol. The first-order valence-electron chi connectivity index (χ1n) is 7.46.